The quantitative estimate of drug-likeness (QED) is 0.542. The molecule has 2 aromatic carbocycles. The monoisotopic (exact) mass is 430 g/mol. The van der Waals surface area contributed by atoms with E-state index in [1.54, 1.807) is 0 Å². The van der Waals surface area contributed by atoms with E-state index in [0.29, 0.717) is 0 Å². The zero-order valence-electron chi connectivity index (χ0n) is 16.7. The van der Waals surface area contributed by atoms with E-state index in [4.69, 9.17) is 12.3 Å². The second-order valence-corrected chi connectivity index (χ2v) is 20.3. The largest absolute Gasteiger partial charge is 0.432 e. The molecule has 0 radical (unpaired) electrons. The SMILES string of the molecule is C=C[Si](C)(C)O[SiH](O[SiH](O[Si](C)(C)C=C)c1ccccc1)c1ccccc1. The van der Waals surface area contributed by atoms with Gasteiger partial charge >= 0.3 is 18.6 Å². The first-order valence-electron chi connectivity index (χ1n) is 9.14. The average molecular weight is 431 g/mol. The van der Waals surface area contributed by atoms with Gasteiger partial charge in [-0.2, -0.15) is 0 Å². The van der Waals surface area contributed by atoms with E-state index in [9.17, 15) is 0 Å². The van der Waals surface area contributed by atoms with Crippen LogP contribution in [-0.4, -0.2) is 35.2 Å². The Kier molecular flexibility index (Phi) is 7.92. The molecule has 3 nitrogen and oxygen atoms in total. The second-order valence-electron chi connectivity index (χ2n) is 7.47. The molecule has 27 heavy (non-hydrogen) atoms. The zero-order chi connectivity index (χ0) is 19.9. The molecule has 0 spiro atoms. The van der Waals surface area contributed by atoms with Gasteiger partial charge in [0.2, 0.25) is 0 Å². The van der Waals surface area contributed by atoms with E-state index >= 15 is 0 Å². The minimum atomic E-state index is -2.15. The van der Waals surface area contributed by atoms with Gasteiger partial charge in [-0.1, -0.05) is 72.1 Å². The molecule has 2 atom stereocenters. The summed E-state index contributed by atoms with van der Waals surface area (Å²) in [5.41, 5.74) is 3.92. The van der Waals surface area contributed by atoms with Gasteiger partial charge < -0.3 is 12.3 Å². The molecule has 144 valence electrons. The minimum Gasteiger partial charge on any atom is -0.432 e. The molecule has 0 amide bonds. The Balaban J connectivity index is 2.36. The highest BCUT2D eigenvalue weighted by Gasteiger charge is 2.34. The van der Waals surface area contributed by atoms with Crippen LogP contribution in [0.2, 0.25) is 26.2 Å². The Morgan fingerprint density at radius 1 is 0.667 bits per heavy atom. The van der Waals surface area contributed by atoms with E-state index in [1.807, 2.05) is 47.8 Å². The maximum Gasteiger partial charge on any atom is 0.337 e. The predicted octanol–water partition coefficient (Wildman–Crippen LogP) is 3.15. The lowest BCUT2D eigenvalue weighted by Crippen LogP contribution is -2.54. The van der Waals surface area contributed by atoms with Crippen LogP contribution in [0.5, 0.6) is 0 Å². The van der Waals surface area contributed by atoms with Crippen LogP contribution in [0.15, 0.2) is 85.2 Å². The third-order valence-electron chi connectivity index (χ3n) is 4.20. The van der Waals surface area contributed by atoms with Crippen molar-refractivity contribution in [3.05, 3.63) is 85.2 Å². The summed E-state index contributed by atoms with van der Waals surface area (Å²) in [7, 11) is -8.29. The highest BCUT2D eigenvalue weighted by molar-refractivity contribution is 6.88. The zero-order valence-corrected chi connectivity index (χ0v) is 21.0. The van der Waals surface area contributed by atoms with E-state index in [2.05, 4.69) is 63.6 Å². The first-order valence-corrected chi connectivity index (χ1v) is 18.2. The third-order valence-corrected chi connectivity index (χ3v) is 16.6. The lowest BCUT2D eigenvalue weighted by atomic mass is 10.4. The summed E-state index contributed by atoms with van der Waals surface area (Å²) in [6, 6.07) is 20.5. The summed E-state index contributed by atoms with van der Waals surface area (Å²) in [5, 5.41) is 2.27. The molecule has 0 saturated carbocycles. The molecule has 0 fully saturated rings. The van der Waals surface area contributed by atoms with Gasteiger partial charge in [-0.3, -0.25) is 0 Å². The van der Waals surface area contributed by atoms with Gasteiger partial charge in [-0.05, 0) is 36.6 Å². The Hall–Kier alpha value is -1.33. The molecule has 2 unspecified atom stereocenters. The van der Waals surface area contributed by atoms with Crippen LogP contribution in [0.25, 0.3) is 0 Å². The molecule has 0 bridgehead atoms. The summed E-state index contributed by atoms with van der Waals surface area (Å²) < 4.78 is 19.8. The summed E-state index contributed by atoms with van der Waals surface area (Å²) in [4.78, 5) is 0. The first-order chi connectivity index (χ1) is 12.8. The molecule has 0 aliphatic rings. The maximum absolute atomic E-state index is 6.71. The molecular formula is C20H30O3Si4. The molecule has 7 heteroatoms. The number of hydrogen-bond acceptors (Lipinski definition) is 3. The molecule has 0 aliphatic carbocycles. The third kappa shape index (κ3) is 6.96. The Bertz CT molecular complexity index is 672. The van der Waals surface area contributed by atoms with Gasteiger partial charge in [-0.15, -0.1) is 13.2 Å². The fraction of sp³-hybridized carbons (Fsp3) is 0.200. The molecule has 0 aromatic heterocycles. The molecule has 2 aromatic rings. The van der Waals surface area contributed by atoms with E-state index in [0.717, 1.165) is 10.4 Å². The van der Waals surface area contributed by atoms with Gasteiger partial charge in [0.05, 0.1) is 0 Å². The maximum atomic E-state index is 6.71. The van der Waals surface area contributed by atoms with Crippen LogP contribution in [0, 0.1) is 0 Å². The normalized spacial score (nSPS) is 14.4. The molecule has 2 rings (SSSR count). The van der Waals surface area contributed by atoms with Crippen molar-refractivity contribution in [2.45, 2.75) is 26.2 Å². The summed E-state index contributed by atoms with van der Waals surface area (Å²) >= 11 is 0. The van der Waals surface area contributed by atoms with Crippen molar-refractivity contribution >= 4 is 45.6 Å². The molecule has 0 saturated heterocycles. The van der Waals surface area contributed by atoms with Crippen molar-refractivity contribution < 1.29 is 12.3 Å². The van der Waals surface area contributed by atoms with E-state index in [1.165, 1.54) is 0 Å². The molecular weight excluding hydrogens is 401 g/mol. The van der Waals surface area contributed by atoms with Gasteiger partial charge in [0.25, 0.3) is 0 Å². The van der Waals surface area contributed by atoms with Crippen LogP contribution in [-0.2, 0) is 12.3 Å². The number of hydrogen-bond donors (Lipinski definition) is 0. The summed E-state index contributed by atoms with van der Waals surface area (Å²) in [6.45, 7) is 16.5. The van der Waals surface area contributed by atoms with Crippen LogP contribution < -0.4 is 10.4 Å². The van der Waals surface area contributed by atoms with E-state index in [-0.39, 0.29) is 0 Å². The Morgan fingerprint density at radius 3 is 1.30 bits per heavy atom. The summed E-state index contributed by atoms with van der Waals surface area (Å²) in [5.74, 6) is 0. The fourth-order valence-electron chi connectivity index (χ4n) is 2.33. The minimum absolute atomic E-state index is 1.13. The van der Waals surface area contributed by atoms with Crippen LogP contribution in [0.1, 0.15) is 0 Å². The predicted molar refractivity (Wildman–Crippen MR) is 125 cm³/mol. The van der Waals surface area contributed by atoms with Gasteiger partial charge in [0.15, 0.2) is 16.6 Å². The number of rotatable bonds is 10. The standard InChI is InChI=1S/C20H30O3Si4/c1-7-26(3,4)22-24(19-15-11-9-12-16-19)21-25(23-27(5,6)8-2)20-17-13-10-14-18-20/h7-18,24-25H,1-2H2,3-6H3. The second kappa shape index (κ2) is 9.74. The van der Waals surface area contributed by atoms with Gasteiger partial charge in [-0.25, -0.2) is 0 Å². The highest BCUT2D eigenvalue weighted by Crippen LogP contribution is 2.13. The topological polar surface area (TPSA) is 27.7 Å². The van der Waals surface area contributed by atoms with Crippen molar-refractivity contribution in [1.82, 2.24) is 0 Å². The van der Waals surface area contributed by atoms with Crippen molar-refractivity contribution in [3.8, 4) is 0 Å². The lowest BCUT2D eigenvalue weighted by molar-refractivity contribution is 0.389. The molecule has 0 aliphatic heterocycles. The van der Waals surface area contributed by atoms with Crippen molar-refractivity contribution in [2.24, 2.45) is 0 Å². The van der Waals surface area contributed by atoms with Crippen LogP contribution in [0.3, 0.4) is 0 Å². The van der Waals surface area contributed by atoms with Crippen LogP contribution >= 0.6 is 0 Å². The van der Waals surface area contributed by atoms with E-state index < -0.39 is 35.2 Å². The smallest absolute Gasteiger partial charge is 0.337 e. The highest BCUT2D eigenvalue weighted by atomic mass is 28.5. The molecule has 0 heterocycles. The summed E-state index contributed by atoms with van der Waals surface area (Å²) in [6.07, 6.45) is 0. The Morgan fingerprint density at radius 2 is 1.00 bits per heavy atom. The van der Waals surface area contributed by atoms with Crippen molar-refractivity contribution in [2.75, 3.05) is 0 Å². The van der Waals surface area contributed by atoms with Gasteiger partial charge in [0, 0.05) is 0 Å². The van der Waals surface area contributed by atoms with Crippen molar-refractivity contribution in [1.29, 1.82) is 0 Å². The van der Waals surface area contributed by atoms with Crippen LogP contribution in [0.4, 0.5) is 0 Å². The van der Waals surface area contributed by atoms with Crippen molar-refractivity contribution in [3.63, 3.8) is 0 Å². The van der Waals surface area contributed by atoms with Gasteiger partial charge in [0.1, 0.15) is 0 Å². The first kappa shape index (κ1) is 22.0. The molecule has 0 N–H and O–H groups in total. The Labute approximate surface area is 169 Å². The number of benzene rings is 2. The average Bonchev–Trinajstić information content (AvgIpc) is 2.68. The fourth-order valence-corrected chi connectivity index (χ4v) is 13.3. The lowest BCUT2D eigenvalue weighted by Gasteiger charge is -2.32.